The van der Waals surface area contributed by atoms with Crippen LogP contribution in [0.25, 0.3) is 0 Å². The highest BCUT2D eigenvalue weighted by atomic mass is 28.5. The molecule has 0 aliphatic carbocycles. The first-order chi connectivity index (χ1) is 11.5. The van der Waals surface area contributed by atoms with Crippen LogP contribution in [-0.4, -0.2) is 69.6 Å². The lowest BCUT2D eigenvalue weighted by Gasteiger charge is -2.35. The smallest absolute Gasteiger partial charge is 0.414 e. The van der Waals surface area contributed by atoms with Gasteiger partial charge in [0, 0.05) is 19.8 Å². The molecule has 0 aromatic rings. The van der Waals surface area contributed by atoms with Gasteiger partial charge in [-0.3, -0.25) is 0 Å². The van der Waals surface area contributed by atoms with Crippen LogP contribution in [0.3, 0.4) is 0 Å². The Morgan fingerprint density at radius 3 is 1.00 bits per heavy atom. The SMILES string of the molecule is C[Si](C)(CCCO)O[Si](O[Si](C)(C)CCCO)O[Si](C)(C)CCCO. The summed E-state index contributed by atoms with van der Waals surface area (Å²) in [4.78, 5) is 0. The number of rotatable bonds is 15. The fourth-order valence-corrected chi connectivity index (χ4v) is 13.7. The van der Waals surface area contributed by atoms with Crippen LogP contribution >= 0.6 is 0 Å². The Kier molecular flexibility index (Phi) is 12.5. The Morgan fingerprint density at radius 1 is 0.560 bits per heavy atom. The van der Waals surface area contributed by atoms with Crippen molar-refractivity contribution in [2.45, 2.75) is 76.7 Å². The molecule has 0 atom stereocenters. The lowest BCUT2D eigenvalue weighted by Crippen LogP contribution is -2.51. The molecule has 0 bridgehead atoms. The highest BCUT2D eigenvalue weighted by Gasteiger charge is 2.40. The Bertz CT molecular complexity index is 303. The maximum atomic E-state index is 9.11. The van der Waals surface area contributed by atoms with Gasteiger partial charge in [0.15, 0.2) is 25.0 Å². The van der Waals surface area contributed by atoms with Crippen molar-refractivity contribution >= 4 is 34.5 Å². The van der Waals surface area contributed by atoms with Crippen molar-refractivity contribution in [1.29, 1.82) is 0 Å². The zero-order valence-electron chi connectivity index (χ0n) is 16.9. The molecule has 0 amide bonds. The van der Waals surface area contributed by atoms with Gasteiger partial charge < -0.3 is 27.7 Å². The molecule has 0 aromatic carbocycles. The molecule has 0 aliphatic heterocycles. The lowest BCUT2D eigenvalue weighted by molar-refractivity contribution is 0.271. The minimum absolute atomic E-state index is 0.178. The van der Waals surface area contributed by atoms with E-state index in [4.69, 9.17) is 27.7 Å². The van der Waals surface area contributed by atoms with Crippen molar-refractivity contribution in [2.75, 3.05) is 19.8 Å². The normalized spacial score (nSPS) is 13.7. The summed E-state index contributed by atoms with van der Waals surface area (Å²) in [6, 6.07) is 2.63. The average Bonchev–Trinajstić information content (AvgIpc) is 2.47. The van der Waals surface area contributed by atoms with Gasteiger partial charge in [-0.15, -0.1) is 0 Å². The van der Waals surface area contributed by atoms with E-state index >= 15 is 0 Å². The van der Waals surface area contributed by atoms with Gasteiger partial charge >= 0.3 is 9.53 Å². The van der Waals surface area contributed by atoms with Gasteiger partial charge in [0.2, 0.25) is 0 Å². The van der Waals surface area contributed by atoms with Crippen molar-refractivity contribution in [1.82, 2.24) is 0 Å². The molecule has 10 heteroatoms. The molecule has 0 unspecified atom stereocenters. The van der Waals surface area contributed by atoms with E-state index in [2.05, 4.69) is 39.3 Å². The summed E-state index contributed by atoms with van der Waals surface area (Å²) in [5.74, 6) is 0. The van der Waals surface area contributed by atoms with Crippen LogP contribution < -0.4 is 0 Å². The lowest BCUT2D eigenvalue weighted by atomic mass is 10.5. The first kappa shape index (κ1) is 25.6. The first-order valence-corrected chi connectivity index (χ1v) is 19.8. The Balaban J connectivity index is 5.03. The van der Waals surface area contributed by atoms with Crippen LogP contribution in [0.5, 0.6) is 0 Å². The van der Waals surface area contributed by atoms with Crippen LogP contribution in [-0.2, 0) is 12.3 Å². The van der Waals surface area contributed by atoms with E-state index in [9.17, 15) is 0 Å². The van der Waals surface area contributed by atoms with Crippen LogP contribution in [0, 0.1) is 0 Å². The maximum Gasteiger partial charge on any atom is 0.544 e. The summed E-state index contributed by atoms with van der Waals surface area (Å²) in [6.45, 7) is 13.4. The monoisotopic (exact) mass is 427 g/mol. The minimum Gasteiger partial charge on any atom is -0.414 e. The second kappa shape index (κ2) is 12.2. The second-order valence-electron chi connectivity index (χ2n) is 8.32. The average molecular weight is 428 g/mol. The van der Waals surface area contributed by atoms with Crippen LogP contribution in [0.15, 0.2) is 0 Å². The molecule has 25 heavy (non-hydrogen) atoms. The zero-order valence-corrected chi connectivity index (χ0v) is 20.9. The standard InChI is InChI=1S/C15H39O6Si4/c1-23(2,13-7-10-16)19-22(20-24(3,4)14-8-11-17)21-25(5,6)15-9-12-18/h16-18H,7-15H2,1-6H3. The molecule has 0 fully saturated rings. The first-order valence-electron chi connectivity index (χ1n) is 9.23. The van der Waals surface area contributed by atoms with Crippen molar-refractivity contribution in [2.24, 2.45) is 0 Å². The third-order valence-electron chi connectivity index (χ3n) is 3.89. The van der Waals surface area contributed by atoms with Crippen molar-refractivity contribution in [3.63, 3.8) is 0 Å². The van der Waals surface area contributed by atoms with Gasteiger partial charge in [0.25, 0.3) is 0 Å². The van der Waals surface area contributed by atoms with E-state index in [-0.39, 0.29) is 19.8 Å². The maximum absolute atomic E-state index is 9.11. The number of aliphatic hydroxyl groups is 3. The minimum atomic E-state index is -1.97. The molecule has 0 aliphatic rings. The molecule has 0 rings (SSSR count). The van der Waals surface area contributed by atoms with E-state index < -0.39 is 34.5 Å². The van der Waals surface area contributed by atoms with E-state index in [1.165, 1.54) is 0 Å². The third-order valence-corrected chi connectivity index (χ3v) is 17.2. The molecular weight excluding hydrogens is 389 g/mol. The fourth-order valence-electron chi connectivity index (χ4n) is 2.41. The van der Waals surface area contributed by atoms with E-state index in [1.54, 1.807) is 0 Å². The molecule has 151 valence electrons. The van der Waals surface area contributed by atoms with Gasteiger partial charge in [0.05, 0.1) is 0 Å². The van der Waals surface area contributed by atoms with E-state index in [1.807, 2.05) is 0 Å². The van der Waals surface area contributed by atoms with E-state index in [0.717, 1.165) is 37.4 Å². The molecule has 1 radical (unpaired) electrons. The summed E-state index contributed by atoms with van der Waals surface area (Å²) in [7, 11) is -7.77. The highest BCUT2D eigenvalue weighted by Crippen LogP contribution is 2.24. The molecule has 3 N–H and O–H groups in total. The predicted octanol–water partition coefficient (Wildman–Crippen LogP) is 2.78. The summed E-state index contributed by atoms with van der Waals surface area (Å²) >= 11 is 0. The largest absolute Gasteiger partial charge is 0.544 e. The van der Waals surface area contributed by atoms with E-state index in [0.29, 0.717) is 0 Å². The number of aliphatic hydroxyl groups excluding tert-OH is 3. The summed E-state index contributed by atoms with van der Waals surface area (Å²) in [5.41, 5.74) is 0. The number of hydrogen-bond donors (Lipinski definition) is 3. The summed E-state index contributed by atoms with van der Waals surface area (Å²) < 4.78 is 19.2. The Hall–Kier alpha value is 0.628. The number of hydrogen-bond acceptors (Lipinski definition) is 6. The molecule has 0 saturated carbocycles. The van der Waals surface area contributed by atoms with Gasteiger partial charge in [-0.25, -0.2) is 0 Å². The van der Waals surface area contributed by atoms with Gasteiger partial charge in [-0.1, -0.05) is 0 Å². The quantitative estimate of drug-likeness (QED) is 0.348. The van der Waals surface area contributed by atoms with Gasteiger partial charge in [-0.2, -0.15) is 0 Å². The van der Waals surface area contributed by atoms with Crippen LogP contribution in [0.1, 0.15) is 19.3 Å². The molecule has 0 heterocycles. The Labute approximate surface area is 158 Å². The molecule has 0 saturated heterocycles. The zero-order chi connectivity index (χ0) is 19.6. The third kappa shape index (κ3) is 13.4. The second-order valence-corrected chi connectivity index (χ2v) is 23.3. The van der Waals surface area contributed by atoms with Gasteiger partial charge in [-0.05, 0) is 76.7 Å². The van der Waals surface area contributed by atoms with Crippen molar-refractivity contribution < 1.29 is 27.7 Å². The molecule has 6 nitrogen and oxygen atoms in total. The molecule has 0 spiro atoms. The topological polar surface area (TPSA) is 88.4 Å². The summed E-state index contributed by atoms with van der Waals surface area (Å²) in [5, 5.41) is 27.3. The summed E-state index contributed by atoms with van der Waals surface area (Å²) in [6.07, 6.45) is 2.22. The van der Waals surface area contributed by atoms with Gasteiger partial charge in [0.1, 0.15) is 0 Å². The fraction of sp³-hybridized carbons (Fsp3) is 1.00. The van der Waals surface area contributed by atoms with Crippen molar-refractivity contribution in [3.8, 4) is 0 Å². The molecular formula is C15H39O6Si4. The van der Waals surface area contributed by atoms with Crippen LogP contribution in [0.2, 0.25) is 57.4 Å². The van der Waals surface area contributed by atoms with Crippen molar-refractivity contribution in [3.05, 3.63) is 0 Å². The molecule has 0 aromatic heterocycles. The predicted molar refractivity (Wildman–Crippen MR) is 111 cm³/mol. The van der Waals surface area contributed by atoms with Crippen LogP contribution in [0.4, 0.5) is 0 Å². The Morgan fingerprint density at radius 2 is 0.800 bits per heavy atom. The highest BCUT2D eigenvalue weighted by molar-refractivity contribution is 6.84.